The largest absolute Gasteiger partial charge is 0.497 e. The lowest BCUT2D eigenvalue weighted by atomic mass is 9.93. The van der Waals surface area contributed by atoms with Crippen LogP contribution in [-0.2, 0) is 10.2 Å². The number of ether oxygens (including phenoxy) is 2. The molecule has 0 unspecified atom stereocenters. The van der Waals surface area contributed by atoms with E-state index >= 15 is 0 Å². The fourth-order valence-electron chi connectivity index (χ4n) is 3.81. The van der Waals surface area contributed by atoms with Crippen molar-refractivity contribution in [2.24, 2.45) is 5.92 Å². The molecule has 0 spiro atoms. The molecule has 3 aromatic rings. The summed E-state index contributed by atoms with van der Waals surface area (Å²) in [5.41, 5.74) is 0.536. The van der Waals surface area contributed by atoms with Gasteiger partial charge in [-0.2, -0.15) is 0 Å². The van der Waals surface area contributed by atoms with Crippen molar-refractivity contribution < 1.29 is 23.0 Å². The molecule has 0 bridgehead atoms. The van der Waals surface area contributed by atoms with E-state index in [2.05, 4.69) is 25.3 Å². The van der Waals surface area contributed by atoms with Crippen LogP contribution in [0.5, 0.6) is 11.5 Å². The van der Waals surface area contributed by atoms with Crippen LogP contribution in [0.1, 0.15) is 29.2 Å². The van der Waals surface area contributed by atoms with E-state index in [1.54, 1.807) is 26.1 Å². The summed E-state index contributed by atoms with van der Waals surface area (Å²) in [5.74, 6) is -0.543. The van der Waals surface area contributed by atoms with Crippen molar-refractivity contribution in [3.63, 3.8) is 0 Å². The number of nitrogens with zero attached hydrogens (tertiary/aromatic N) is 4. The summed E-state index contributed by atoms with van der Waals surface area (Å²) in [4.78, 5) is 29.3. The van der Waals surface area contributed by atoms with E-state index in [1.165, 1.54) is 26.2 Å². The first kappa shape index (κ1) is 22.5. The van der Waals surface area contributed by atoms with Gasteiger partial charge in [-0.05, 0) is 44.9 Å². The number of anilines is 1. The number of rotatable bonds is 7. The van der Waals surface area contributed by atoms with Gasteiger partial charge in [-0.3, -0.25) is 10.1 Å². The summed E-state index contributed by atoms with van der Waals surface area (Å²) in [6, 6.07) is 4.33. The van der Waals surface area contributed by atoms with Crippen molar-refractivity contribution in [1.82, 2.24) is 19.9 Å². The Balaban J connectivity index is 1.62. The number of benzene rings is 1. The quantitative estimate of drug-likeness (QED) is 0.583. The molecule has 1 aromatic carbocycles. The van der Waals surface area contributed by atoms with E-state index in [0.29, 0.717) is 35.0 Å². The molecule has 0 aliphatic heterocycles. The number of hydrogen-bond donors (Lipinski definition) is 1. The van der Waals surface area contributed by atoms with Crippen molar-refractivity contribution in [3.8, 4) is 11.5 Å². The molecule has 2 heterocycles. The van der Waals surface area contributed by atoms with Crippen LogP contribution in [-0.4, -0.2) is 39.6 Å². The van der Waals surface area contributed by atoms with Gasteiger partial charge in [0.25, 0.3) is 0 Å². The second-order valence-corrected chi connectivity index (χ2v) is 8.06. The molecule has 1 saturated carbocycles. The Morgan fingerprint density at radius 2 is 1.91 bits per heavy atom. The van der Waals surface area contributed by atoms with Gasteiger partial charge in [-0.15, -0.1) is 0 Å². The minimum Gasteiger partial charge on any atom is -0.497 e. The highest BCUT2D eigenvalue weighted by Crippen LogP contribution is 2.55. The lowest BCUT2D eigenvalue weighted by molar-refractivity contribution is -0.117. The first-order valence-electron chi connectivity index (χ1n) is 10.3. The van der Waals surface area contributed by atoms with Gasteiger partial charge in [0.05, 0.1) is 43.4 Å². The molecule has 8 nitrogen and oxygen atoms in total. The molecule has 4 rings (SSSR count). The summed E-state index contributed by atoms with van der Waals surface area (Å²) >= 11 is 0. The summed E-state index contributed by atoms with van der Waals surface area (Å²) in [6.07, 6.45) is 2.97. The monoisotopic (exact) mass is 455 g/mol. The molecule has 1 fully saturated rings. The van der Waals surface area contributed by atoms with Crippen molar-refractivity contribution >= 4 is 11.9 Å². The Labute approximate surface area is 189 Å². The molecule has 2 aromatic heterocycles. The Kier molecular flexibility index (Phi) is 5.92. The third kappa shape index (κ3) is 4.59. The smallest absolute Gasteiger partial charge is 0.230 e. The molecule has 1 N–H and O–H groups in total. The van der Waals surface area contributed by atoms with Gasteiger partial charge in [0, 0.05) is 11.5 Å². The van der Waals surface area contributed by atoms with E-state index in [0.717, 1.165) is 6.20 Å². The number of aryl methyl sites for hydroxylation is 3. The van der Waals surface area contributed by atoms with Crippen LogP contribution in [0, 0.1) is 38.3 Å². The lowest BCUT2D eigenvalue weighted by Gasteiger charge is -2.20. The molecule has 0 radical (unpaired) electrons. The van der Waals surface area contributed by atoms with Gasteiger partial charge in [0.15, 0.2) is 11.6 Å². The number of nitrogens with one attached hydrogen (secondary N) is 1. The summed E-state index contributed by atoms with van der Waals surface area (Å²) in [5, 5.41) is 2.62. The van der Waals surface area contributed by atoms with E-state index < -0.39 is 23.0 Å². The van der Waals surface area contributed by atoms with Gasteiger partial charge in [-0.25, -0.2) is 28.7 Å². The average Bonchev–Trinajstić information content (AvgIpc) is 3.51. The Morgan fingerprint density at radius 1 is 1.12 bits per heavy atom. The second-order valence-electron chi connectivity index (χ2n) is 8.06. The van der Waals surface area contributed by atoms with Crippen LogP contribution in [0.25, 0.3) is 0 Å². The fourth-order valence-corrected chi connectivity index (χ4v) is 3.81. The Morgan fingerprint density at radius 3 is 2.61 bits per heavy atom. The van der Waals surface area contributed by atoms with E-state index in [1.807, 2.05) is 0 Å². The maximum atomic E-state index is 14.3. The molecule has 10 heteroatoms. The zero-order valence-electron chi connectivity index (χ0n) is 18.6. The number of methoxy groups -OCH3 is 1. The van der Waals surface area contributed by atoms with Gasteiger partial charge >= 0.3 is 0 Å². The molecule has 172 valence electrons. The van der Waals surface area contributed by atoms with Crippen molar-refractivity contribution in [3.05, 3.63) is 65.0 Å². The number of hydrogen-bond acceptors (Lipinski definition) is 7. The predicted octanol–water partition coefficient (Wildman–Crippen LogP) is 3.45. The minimum absolute atomic E-state index is 0.000204. The third-order valence-corrected chi connectivity index (χ3v) is 5.77. The zero-order valence-corrected chi connectivity index (χ0v) is 18.6. The predicted molar refractivity (Wildman–Crippen MR) is 115 cm³/mol. The maximum Gasteiger partial charge on any atom is 0.230 e. The minimum atomic E-state index is -0.814. The normalized spacial score (nSPS) is 19.2. The SMILES string of the molecule is COc1cc(F)cc([C@]2(COc3cnc(C)nc3C)C[C@H]2C(=O)Nc2ncc(F)c(C)n2)c1. The molecule has 1 aliphatic carbocycles. The van der Waals surface area contributed by atoms with Gasteiger partial charge in [0.1, 0.15) is 17.4 Å². The van der Waals surface area contributed by atoms with Crippen molar-refractivity contribution in [1.29, 1.82) is 0 Å². The average molecular weight is 455 g/mol. The fraction of sp³-hybridized carbons (Fsp3) is 0.348. The van der Waals surface area contributed by atoms with Crippen LogP contribution in [0.15, 0.2) is 30.6 Å². The second kappa shape index (κ2) is 8.68. The number of halogens is 2. The molecular formula is C23H23F2N5O3. The summed E-state index contributed by atoms with van der Waals surface area (Å²) < 4.78 is 39.0. The molecule has 2 atom stereocenters. The van der Waals surface area contributed by atoms with Gasteiger partial charge in [0.2, 0.25) is 11.9 Å². The van der Waals surface area contributed by atoms with Crippen LogP contribution in [0.4, 0.5) is 14.7 Å². The first-order valence-corrected chi connectivity index (χ1v) is 10.3. The van der Waals surface area contributed by atoms with Gasteiger partial charge in [-0.1, -0.05) is 0 Å². The highest BCUT2D eigenvalue weighted by molar-refractivity contribution is 5.95. The molecule has 33 heavy (non-hydrogen) atoms. The summed E-state index contributed by atoms with van der Waals surface area (Å²) in [6.45, 7) is 5.15. The Bertz CT molecular complexity index is 1220. The number of aromatic nitrogens is 4. The van der Waals surface area contributed by atoms with Crippen LogP contribution in [0.2, 0.25) is 0 Å². The van der Waals surface area contributed by atoms with E-state index in [-0.39, 0.29) is 24.2 Å². The van der Waals surface area contributed by atoms with Crippen LogP contribution in [0.3, 0.4) is 0 Å². The number of amides is 1. The van der Waals surface area contributed by atoms with E-state index in [4.69, 9.17) is 9.47 Å². The number of carbonyl (C=O) groups excluding carboxylic acids is 1. The summed E-state index contributed by atoms with van der Waals surface area (Å²) in [7, 11) is 1.44. The third-order valence-electron chi connectivity index (χ3n) is 5.77. The molecule has 0 saturated heterocycles. The van der Waals surface area contributed by atoms with Crippen LogP contribution < -0.4 is 14.8 Å². The highest BCUT2D eigenvalue weighted by atomic mass is 19.1. The first-order chi connectivity index (χ1) is 15.7. The van der Waals surface area contributed by atoms with Gasteiger partial charge < -0.3 is 9.47 Å². The highest BCUT2D eigenvalue weighted by Gasteiger charge is 2.60. The van der Waals surface area contributed by atoms with Crippen molar-refractivity contribution in [2.75, 3.05) is 19.0 Å². The van der Waals surface area contributed by atoms with Crippen molar-refractivity contribution in [2.45, 2.75) is 32.6 Å². The standard InChI is InChI=1S/C23H23F2N5O3/c1-12-19(25)9-27-22(29-12)30-21(31)18-8-23(18,15-5-16(24)7-17(6-15)32-4)11-33-20-10-26-14(3)28-13(20)2/h5-7,9-10,18H,8,11H2,1-4H3,(H,27,29,30,31)/t18-,23+/m0/s1. The van der Waals surface area contributed by atoms with Crippen LogP contribution >= 0.6 is 0 Å². The maximum absolute atomic E-state index is 14.3. The molecule has 1 aliphatic rings. The topological polar surface area (TPSA) is 99.1 Å². The lowest BCUT2D eigenvalue weighted by Crippen LogP contribution is -2.27. The zero-order chi connectivity index (χ0) is 23.8. The van der Waals surface area contributed by atoms with E-state index in [9.17, 15) is 13.6 Å². The molecular weight excluding hydrogens is 432 g/mol. The molecule has 1 amide bonds. The number of carbonyl (C=O) groups is 1. The Hall–Kier alpha value is -3.69.